The Morgan fingerprint density at radius 1 is 1.07 bits per heavy atom. The van der Waals surface area contributed by atoms with Gasteiger partial charge in [-0.3, -0.25) is 9.59 Å². The van der Waals surface area contributed by atoms with Gasteiger partial charge in [0.15, 0.2) is 6.61 Å². The molecular formula is C22H27ClN2O3. The topological polar surface area (TPSA) is 58.6 Å². The SMILES string of the molecule is CNC(=O)C(C)N(Cc1ccccc1Cl)C(=O)COc1ccccc1C(C)C. The first-order valence-electron chi connectivity index (χ1n) is 9.31. The number of carbonyl (C=O) groups excluding carboxylic acids is 2. The Hall–Kier alpha value is -2.53. The fraction of sp³-hybridized carbons (Fsp3) is 0.364. The fourth-order valence-corrected chi connectivity index (χ4v) is 3.11. The highest BCUT2D eigenvalue weighted by Crippen LogP contribution is 2.26. The van der Waals surface area contributed by atoms with Gasteiger partial charge in [0.2, 0.25) is 5.91 Å². The first-order valence-corrected chi connectivity index (χ1v) is 9.69. The highest BCUT2D eigenvalue weighted by Gasteiger charge is 2.26. The first kappa shape index (κ1) is 21.8. The number of nitrogens with one attached hydrogen (secondary N) is 1. The average molecular weight is 403 g/mol. The molecule has 28 heavy (non-hydrogen) atoms. The largest absolute Gasteiger partial charge is 0.483 e. The molecule has 0 aliphatic rings. The lowest BCUT2D eigenvalue weighted by Crippen LogP contribution is -2.48. The minimum Gasteiger partial charge on any atom is -0.483 e. The predicted molar refractivity (Wildman–Crippen MR) is 112 cm³/mol. The molecule has 0 saturated carbocycles. The van der Waals surface area contributed by atoms with E-state index in [4.69, 9.17) is 16.3 Å². The van der Waals surface area contributed by atoms with Crippen LogP contribution in [0.15, 0.2) is 48.5 Å². The predicted octanol–water partition coefficient (Wildman–Crippen LogP) is 4.01. The van der Waals surface area contributed by atoms with Crippen molar-refractivity contribution < 1.29 is 14.3 Å². The highest BCUT2D eigenvalue weighted by molar-refractivity contribution is 6.31. The summed E-state index contributed by atoms with van der Waals surface area (Å²) in [5.41, 5.74) is 1.81. The summed E-state index contributed by atoms with van der Waals surface area (Å²) < 4.78 is 5.82. The number of likely N-dealkylation sites (N-methyl/N-ethyl adjacent to an activating group) is 1. The molecule has 0 radical (unpaired) electrons. The van der Waals surface area contributed by atoms with Gasteiger partial charge in [0, 0.05) is 18.6 Å². The lowest BCUT2D eigenvalue weighted by molar-refractivity contribution is -0.142. The van der Waals surface area contributed by atoms with Gasteiger partial charge in [-0.15, -0.1) is 0 Å². The standard InChI is InChI=1S/C22H27ClN2O3/c1-15(2)18-10-6-8-12-20(18)28-14-21(26)25(16(3)22(27)24-4)13-17-9-5-7-11-19(17)23/h5-12,15-16H,13-14H2,1-4H3,(H,24,27). The molecule has 0 aliphatic heterocycles. The number of nitrogens with zero attached hydrogens (tertiary/aromatic N) is 1. The molecule has 2 aromatic carbocycles. The van der Waals surface area contributed by atoms with Crippen LogP contribution in [0.4, 0.5) is 0 Å². The van der Waals surface area contributed by atoms with Gasteiger partial charge in [0.05, 0.1) is 0 Å². The molecule has 150 valence electrons. The number of hydrogen-bond acceptors (Lipinski definition) is 3. The number of halogens is 1. The maximum atomic E-state index is 13.0. The number of para-hydroxylation sites is 1. The normalized spacial score (nSPS) is 11.8. The van der Waals surface area contributed by atoms with Gasteiger partial charge in [-0.25, -0.2) is 0 Å². The highest BCUT2D eigenvalue weighted by atomic mass is 35.5. The number of benzene rings is 2. The fourth-order valence-electron chi connectivity index (χ4n) is 2.91. The van der Waals surface area contributed by atoms with E-state index in [-0.39, 0.29) is 30.9 Å². The van der Waals surface area contributed by atoms with E-state index >= 15 is 0 Å². The van der Waals surface area contributed by atoms with Gasteiger partial charge >= 0.3 is 0 Å². The Labute approximate surface area is 171 Å². The number of ether oxygens (including phenoxy) is 1. The van der Waals surface area contributed by atoms with Crippen molar-refractivity contribution in [3.63, 3.8) is 0 Å². The average Bonchev–Trinajstić information content (AvgIpc) is 2.70. The molecule has 0 aliphatic carbocycles. The molecule has 0 saturated heterocycles. The van der Waals surface area contributed by atoms with E-state index < -0.39 is 6.04 Å². The second kappa shape index (κ2) is 10.1. The summed E-state index contributed by atoms with van der Waals surface area (Å²) in [4.78, 5) is 26.6. The second-order valence-electron chi connectivity index (χ2n) is 6.88. The monoisotopic (exact) mass is 402 g/mol. The Morgan fingerprint density at radius 2 is 1.71 bits per heavy atom. The maximum Gasteiger partial charge on any atom is 0.261 e. The molecule has 0 heterocycles. The minimum atomic E-state index is -0.655. The second-order valence-corrected chi connectivity index (χ2v) is 7.29. The molecule has 0 bridgehead atoms. The van der Waals surface area contributed by atoms with E-state index in [0.29, 0.717) is 10.8 Å². The molecule has 2 amide bonds. The van der Waals surface area contributed by atoms with Crippen LogP contribution in [0, 0.1) is 0 Å². The van der Waals surface area contributed by atoms with E-state index in [0.717, 1.165) is 11.1 Å². The summed E-state index contributed by atoms with van der Waals surface area (Å²) in [6.07, 6.45) is 0. The van der Waals surface area contributed by atoms with Gasteiger partial charge in [0.25, 0.3) is 5.91 Å². The van der Waals surface area contributed by atoms with Crippen molar-refractivity contribution in [2.75, 3.05) is 13.7 Å². The quantitative estimate of drug-likeness (QED) is 0.725. The number of carbonyl (C=O) groups is 2. The van der Waals surface area contributed by atoms with Crippen LogP contribution in [0.3, 0.4) is 0 Å². The minimum absolute atomic E-state index is 0.157. The van der Waals surface area contributed by atoms with Gasteiger partial charge in [-0.05, 0) is 36.1 Å². The van der Waals surface area contributed by atoms with Crippen molar-refractivity contribution in [3.05, 3.63) is 64.7 Å². The lowest BCUT2D eigenvalue weighted by Gasteiger charge is -2.28. The van der Waals surface area contributed by atoms with E-state index in [2.05, 4.69) is 19.2 Å². The van der Waals surface area contributed by atoms with E-state index in [1.807, 2.05) is 42.5 Å². The zero-order chi connectivity index (χ0) is 20.7. The van der Waals surface area contributed by atoms with Crippen molar-refractivity contribution in [1.29, 1.82) is 0 Å². The summed E-state index contributed by atoms with van der Waals surface area (Å²) in [5.74, 6) is 0.420. The third-order valence-corrected chi connectivity index (χ3v) is 4.97. The molecule has 5 nitrogen and oxygen atoms in total. The van der Waals surface area contributed by atoms with Crippen LogP contribution in [0.5, 0.6) is 5.75 Å². The Balaban J connectivity index is 2.19. The van der Waals surface area contributed by atoms with Crippen molar-refractivity contribution in [3.8, 4) is 5.75 Å². The molecule has 6 heteroatoms. The van der Waals surface area contributed by atoms with Crippen LogP contribution < -0.4 is 10.1 Å². The molecule has 1 N–H and O–H groups in total. The summed E-state index contributed by atoms with van der Waals surface area (Å²) in [5, 5.41) is 3.14. The van der Waals surface area contributed by atoms with Crippen LogP contribution in [0.1, 0.15) is 37.8 Å². The summed E-state index contributed by atoms with van der Waals surface area (Å²) >= 11 is 6.25. The summed E-state index contributed by atoms with van der Waals surface area (Å²) in [6, 6.07) is 14.3. The first-order chi connectivity index (χ1) is 13.3. The zero-order valence-corrected chi connectivity index (χ0v) is 17.5. The van der Waals surface area contributed by atoms with Crippen molar-refractivity contribution >= 4 is 23.4 Å². The summed E-state index contributed by atoms with van der Waals surface area (Å²) in [6.45, 7) is 5.90. The van der Waals surface area contributed by atoms with E-state index in [9.17, 15) is 9.59 Å². The molecule has 0 aromatic heterocycles. The smallest absolute Gasteiger partial charge is 0.261 e. The number of rotatable bonds is 8. The van der Waals surface area contributed by atoms with Crippen LogP contribution in [-0.2, 0) is 16.1 Å². The number of hydrogen-bond donors (Lipinski definition) is 1. The van der Waals surface area contributed by atoms with Crippen LogP contribution >= 0.6 is 11.6 Å². The molecule has 2 aromatic rings. The maximum absolute atomic E-state index is 13.0. The van der Waals surface area contributed by atoms with E-state index in [1.54, 1.807) is 20.0 Å². The molecular weight excluding hydrogens is 376 g/mol. The van der Waals surface area contributed by atoms with Crippen LogP contribution in [-0.4, -0.2) is 36.4 Å². The lowest BCUT2D eigenvalue weighted by atomic mass is 10.0. The summed E-state index contributed by atoms with van der Waals surface area (Å²) in [7, 11) is 1.55. The van der Waals surface area contributed by atoms with Gasteiger partial charge < -0.3 is 15.0 Å². The third-order valence-electron chi connectivity index (χ3n) is 4.60. The molecule has 1 atom stereocenters. The van der Waals surface area contributed by atoms with Crippen LogP contribution in [0.25, 0.3) is 0 Å². The van der Waals surface area contributed by atoms with Crippen molar-refractivity contribution in [2.45, 2.75) is 39.3 Å². The van der Waals surface area contributed by atoms with Gasteiger partial charge in [-0.1, -0.05) is 61.8 Å². The third kappa shape index (κ3) is 5.49. The van der Waals surface area contributed by atoms with Gasteiger partial charge in [0.1, 0.15) is 11.8 Å². The molecule has 1 unspecified atom stereocenters. The van der Waals surface area contributed by atoms with Gasteiger partial charge in [-0.2, -0.15) is 0 Å². The number of amides is 2. The molecule has 0 fully saturated rings. The zero-order valence-electron chi connectivity index (χ0n) is 16.7. The Bertz CT molecular complexity index is 823. The Kier molecular flexibility index (Phi) is 7.88. The Morgan fingerprint density at radius 3 is 2.36 bits per heavy atom. The van der Waals surface area contributed by atoms with E-state index in [1.165, 1.54) is 4.90 Å². The van der Waals surface area contributed by atoms with Crippen molar-refractivity contribution in [2.24, 2.45) is 0 Å². The van der Waals surface area contributed by atoms with Crippen molar-refractivity contribution in [1.82, 2.24) is 10.2 Å². The molecule has 0 spiro atoms. The molecule has 2 rings (SSSR count). The van der Waals surface area contributed by atoms with Crippen LogP contribution in [0.2, 0.25) is 5.02 Å².